The van der Waals surface area contributed by atoms with Crippen molar-refractivity contribution < 1.29 is 14.2 Å². The molecule has 0 radical (unpaired) electrons. The van der Waals surface area contributed by atoms with Gasteiger partial charge in [0.15, 0.2) is 11.5 Å². The molecule has 0 bridgehead atoms. The van der Waals surface area contributed by atoms with Gasteiger partial charge in [-0.3, -0.25) is 4.79 Å². The standard InChI is InChI=1S/C15H19N3O4/c1-18-12(19)8-6-10(17-18)13(16)9-5-7-11(20-2)15(22-4)14(9)21-3/h5-8,13H,16H2,1-4H3. The summed E-state index contributed by atoms with van der Waals surface area (Å²) in [6.45, 7) is 0. The number of ether oxygens (including phenoxy) is 3. The van der Waals surface area contributed by atoms with Crippen molar-refractivity contribution in [3.05, 3.63) is 45.9 Å². The largest absolute Gasteiger partial charge is 0.493 e. The molecule has 1 aromatic carbocycles. The van der Waals surface area contributed by atoms with E-state index in [9.17, 15) is 4.79 Å². The van der Waals surface area contributed by atoms with Gasteiger partial charge in [-0.25, -0.2) is 4.68 Å². The summed E-state index contributed by atoms with van der Waals surface area (Å²) in [5.41, 5.74) is 7.31. The van der Waals surface area contributed by atoms with Crippen molar-refractivity contribution in [3.63, 3.8) is 0 Å². The quantitative estimate of drug-likeness (QED) is 0.881. The third-order valence-electron chi connectivity index (χ3n) is 3.37. The molecule has 1 aromatic heterocycles. The number of nitrogens with zero attached hydrogens (tertiary/aromatic N) is 2. The van der Waals surface area contributed by atoms with E-state index in [1.807, 2.05) is 0 Å². The van der Waals surface area contributed by atoms with Crippen molar-refractivity contribution in [2.24, 2.45) is 12.8 Å². The van der Waals surface area contributed by atoms with Gasteiger partial charge in [-0.05, 0) is 18.2 Å². The van der Waals surface area contributed by atoms with Crippen LogP contribution in [0.25, 0.3) is 0 Å². The molecular formula is C15H19N3O4. The van der Waals surface area contributed by atoms with Crippen LogP contribution in [0.3, 0.4) is 0 Å². The molecule has 0 aliphatic heterocycles. The van der Waals surface area contributed by atoms with E-state index in [-0.39, 0.29) is 5.56 Å². The predicted octanol–water partition coefficient (Wildman–Crippen LogP) is 0.854. The van der Waals surface area contributed by atoms with Gasteiger partial charge in [0.1, 0.15) is 0 Å². The molecule has 0 amide bonds. The molecule has 2 aromatic rings. The van der Waals surface area contributed by atoms with E-state index in [0.717, 1.165) is 0 Å². The van der Waals surface area contributed by atoms with Gasteiger partial charge >= 0.3 is 0 Å². The number of aromatic nitrogens is 2. The van der Waals surface area contributed by atoms with Crippen molar-refractivity contribution in [2.75, 3.05) is 21.3 Å². The number of rotatable bonds is 5. The van der Waals surface area contributed by atoms with Gasteiger partial charge in [0, 0.05) is 18.7 Å². The van der Waals surface area contributed by atoms with Crippen LogP contribution in [0.5, 0.6) is 17.2 Å². The molecule has 7 heteroatoms. The Morgan fingerprint density at radius 2 is 1.73 bits per heavy atom. The Kier molecular flexibility index (Phi) is 4.67. The lowest BCUT2D eigenvalue weighted by molar-refractivity contribution is 0.321. The molecule has 0 fully saturated rings. The minimum absolute atomic E-state index is 0.199. The molecule has 0 aliphatic carbocycles. The summed E-state index contributed by atoms with van der Waals surface area (Å²) in [5, 5.41) is 4.17. The van der Waals surface area contributed by atoms with Crippen LogP contribution in [-0.2, 0) is 7.05 Å². The molecule has 7 nitrogen and oxygen atoms in total. The maximum absolute atomic E-state index is 11.4. The lowest BCUT2D eigenvalue weighted by Crippen LogP contribution is -2.23. The first-order valence-corrected chi connectivity index (χ1v) is 6.62. The lowest BCUT2D eigenvalue weighted by atomic mass is 10.0. The third kappa shape index (κ3) is 2.75. The minimum Gasteiger partial charge on any atom is -0.493 e. The second kappa shape index (κ2) is 6.48. The van der Waals surface area contributed by atoms with Crippen LogP contribution in [0, 0.1) is 0 Å². The second-order valence-corrected chi connectivity index (χ2v) is 4.62. The van der Waals surface area contributed by atoms with Crippen molar-refractivity contribution in [1.82, 2.24) is 9.78 Å². The normalized spacial score (nSPS) is 11.9. The SMILES string of the molecule is COc1ccc(C(N)c2ccc(=O)n(C)n2)c(OC)c1OC. The first-order valence-electron chi connectivity index (χ1n) is 6.62. The fourth-order valence-electron chi connectivity index (χ4n) is 2.21. The number of hydrogen-bond acceptors (Lipinski definition) is 6. The molecule has 22 heavy (non-hydrogen) atoms. The highest BCUT2D eigenvalue weighted by molar-refractivity contribution is 5.57. The van der Waals surface area contributed by atoms with Crippen molar-refractivity contribution >= 4 is 0 Å². The van der Waals surface area contributed by atoms with Gasteiger partial charge in [-0.2, -0.15) is 5.10 Å². The van der Waals surface area contributed by atoms with Crippen molar-refractivity contribution in [2.45, 2.75) is 6.04 Å². The summed E-state index contributed by atoms with van der Waals surface area (Å²) in [6.07, 6.45) is 0. The Morgan fingerprint density at radius 3 is 2.27 bits per heavy atom. The molecular weight excluding hydrogens is 286 g/mol. The zero-order chi connectivity index (χ0) is 16.3. The molecule has 0 aliphatic rings. The average Bonchev–Trinajstić information content (AvgIpc) is 2.54. The Hall–Kier alpha value is -2.54. The molecule has 0 spiro atoms. The van der Waals surface area contributed by atoms with E-state index < -0.39 is 6.04 Å². The van der Waals surface area contributed by atoms with Crippen molar-refractivity contribution in [3.8, 4) is 17.2 Å². The molecule has 1 unspecified atom stereocenters. The minimum atomic E-state index is -0.568. The van der Waals surface area contributed by atoms with E-state index in [1.165, 1.54) is 25.0 Å². The number of aryl methyl sites for hydroxylation is 1. The average molecular weight is 305 g/mol. The molecule has 1 atom stereocenters. The number of methoxy groups -OCH3 is 3. The van der Waals surface area contributed by atoms with Gasteiger partial charge in [0.25, 0.3) is 5.56 Å². The summed E-state index contributed by atoms with van der Waals surface area (Å²) >= 11 is 0. The van der Waals surface area contributed by atoms with Gasteiger partial charge < -0.3 is 19.9 Å². The summed E-state index contributed by atoms with van der Waals surface area (Å²) in [7, 11) is 6.18. The Morgan fingerprint density at radius 1 is 1.05 bits per heavy atom. The fourth-order valence-corrected chi connectivity index (χ4v) is 2.21. The van der Waals surface area contributed by atoms with Crippen LogP contribution in [0.4, 0.5) is 0 Å². The van der Waals surface area contributed by atoms with Crippen LogP contribution in [0.1, 0.15) is 17.3 Å². The van der Waals surface area contributed by atoms with E-state index >= 15 is 0 Å². The summed E-state index contributed by atoms with van der Waals surface area (Å²) in [6, 6.07) is 6.00. The van der Waals surface area contributed by atoms with Crippen LogP contribution in [0.2, 0.25) is 0 Å². The Balaban J connectivity index is 2.55. The lowest BCUT2D eigenvalue weighted by Gasteiger charge is -2.19. The Bertz CT molecular complexity index is 727. The maximum atomic E-state index is 11.4. The molecule has 1 heterocycles. The second-order valence-electron chi connectivity index (χ2n) is 4.62. The summed E-state index contributed by atoms with van der Waals surface area (Å²) < 4.78 is 17.3. The fraction of sp³-hybridized carbons (Fsp3) is 0.333. The first-order chi connectivity index (χ1) is 10.5. The van der Waals surface area contributed by atoms with Gasteiger partial charge in [0.05, 0.1) is 33.1 Å². The highest BCUT2D eigenvalue weighted by atomic mass is 16.5. The third-order valence-corrected chi connectivity index (χ3v) is 3.37. The highest BCUT2D eigenvalue weighted by Gasteiger charge is 2.22. The van der Waals surface area contributed by atoms with Crippen LogP contribution >= 0.6 is 0 Å². The number of benzene rings is 1. The van der Waals surface area contributed by atoms with Gasteiger partial charge in [-0.15, -0.1) is 0 Å². The van der Waals surface area contributed by atoms with Crippen LogP contribution in [-0.4, -0.2) is 31.1 Å². The number of nitrogens with two attached hydrogens (primary N) is 1. The van der Waals surface area contributed by atoms with E-state index in [4.69, 9.17) is 19.9 Å². The number of hydrogen-bond donors (Lipinski definition) is 1. The topological polar surface area (TPSA) is 88.6 Å². The first kappa shape index (κ1) is 15.8. The summed E-state index contributed by atoms with van der Waals surface area (Å²) in [4.78, 5) is 11.4. The van der Waals surface area contributed by atoms with Gasteiger partial charge in [-0.1, -0.05) is 0 Å². The highest BCUT2D eigenvalue weighted by Crippen LogP contribution is 2.42. The zero-order valence-corrected chi connectivity index (χ0v) is 13.0. The molecule has 0 saturated heterocycles. The molecule has 0 saturated carbocycles. The summed E-state index contributed by atoms with van der Waals surface area (Å²) in [5.74, 6) is 1.48. The van der Waals surface area contributed by atoms with Crippen LogP contribution < -0.4 is 25.5 Å². The van der Waals surface area contributed by atoms with E-state index in [1.54, 1.807) is 32.4 Å². The van der Waals surface area contributed by atoms with E-state index in [2.05, 4.69) is 5.10 Å². The van der Waals surface area contributed by atoms with Crippen LogP contribution in [0.15, 0.2) is 29.1 Å². The predicted molar refractivity (Wildman–Crippen MR) is 81.6 cm³/mol. The van der Waals surface area contributed by atoms with E-state index in [0.29, 0.717) is 28.5 Å². The maximum Gasteiger partial charge on any atom is 0.266 e. The monoisotopic (exact) mass is 305 g/mol. The molecule has 2 rings (SSSR count). The van der Waals surface area contributed by atoms with Gasteiger partial charge in [0.2, 0.25) is 5.75 Å². The Labute approximate surface area is 128 Å². The van der Waals surface area contributed by atoms with Crippen molar-refractivity contribution in [1.29, 1.82) is 0 Å². The molecule has 118 valence electrons. The smallest absolute Gasteiger partial charge is 0.266 e. The zero-order valence-electron chi connectivity index (χ0n) is 13.0. The molecule has 2 N–H and O–H groups in total.